The highest BCUT2D eigenvalue weighted by Gasteiger charge is 1.55. The van der Waals surface area contributed by atoms with Gasteiger partial charge in [0.15, 0.2) is 9.76 Å². The van der Waals surface area contributed by atoms with Gasteiger partial charge in [-0.05, 0) is 6.92 Å². The lowest BCUT2D eigenvalue weighted by Gasteiger charge is -1.75. The summed E-state index contributed by atoms with van der Waals surface area (Å²) in [6.45, 7) is 4.03. The van der Waals surface area contributed by atoms with Gasteiger partial charge in [-0.1, -0.05) is 21.4 Å². The Labute approximate surface area is 62.2 Å². The topological polar surface area (TPSA) is 29.5 Å². The maximum atomic E-state index is 7.57. The molecule has 0 aromatic rings. The lowest BCUT2D eigenvalue weighted by molar-refractivity contribution is 0.318. The third-order valence-electron chi connectivity index (χ3n) is 0.289. The highest BCUT2D eigenvalue weighted by atomic mass is 28.2. The number of hydrogen-bond donors (Lipinski definition) is 1. The van der Waals surface area contributed by atoms with Crippen molar-refractivity contribution in [1.29, 1.82) is 0 Å². The van der Waals surface area contributed by atoms with E-state index in [1.54, 1.807) is 14.0 Å². The molecule has 0 fully saturated rings. The molecule has 0 aromatic carbocycles. The Morgan fingerprint density at radius 3 is 1.56 bits per heavy atom. The van der Waals surface area contributed by atoms with Crippen molar-refractivity contribution < 1.29 is 9.53 Å². The summed E-state index contributed by atoms with van der Waals surface area (Å²) in [6.07, 6.45) is 0. The Morgan fingerprint density at radius 2 is 1.56 bits per heavy atom. The molecule has 2 nitrogen and oxygen atoms in total. The molecule has 0 radical (unpaired) electrons. The zero-order valence-electron chi connectivity index (χ0n) is 5.27. The van der Waals surface area contributed by atoms with Gasteiger partial charge >= 0.3 is 0 Å². The van der Waals surface area contributed by atoms with E-state index in [-0.39, 0.29) is 31.2 Å². The zero-order valence-corrected chi connectivity index (χ0v) is 6.68. The van der Waals surface area contributed by atoms with E-state index >= 15 is 0 Å². The van der Waals surface area contributed by atoms with Gasteiger partial charge in [0.2, 0.25) is 0 Å². The van der Waals surface area contributed by atoms with Gasteiger partial charge in [-0.15, -0.1) is 0 Å². The maximum Gasteiger partial charge on any atom is 0.157 e. The van der Waals surface area contributed by atoms with Crippen LogP contribution in [-0.2, 0) is 4.43 Å². The second-order valence-electron chi connectivity index (χ2n) is 0.894. The summed E-state index contributed by atoms with van der Waals surface area (Å²) in [7, 11) is 1.67. The number of rotatable bonds is 1. The van der Waals surface area contributed by atoms with Crippen LogP contribution in [0, 0.1) is 0 Å². The van der Waals surface area contributed by atoms with Crippen LogP contribution in [0.3, 0.4) is 0 Å². The molecule has 0 bridgehead atoms. The van der Waals surface area contributed by atoms with E-state index in [0.29, 0.717) is 0 Å². The maximum absolute atomic E-state index is 7.57. The summed E-state index contributed by atoms with van der Waals surface area (Å²) in [5, 5.41) is 7.57. The molecule has 0 aliphatic heterocycles. The average molecular weight is 154 g/mol. The van der Waals surface area contributed by atoms with Crippen molar-refractivity contribution in [2.75, 3.05) is 13.7 Å². The third kappa shape index (κ3) is 237. The van der Waals surface area contributed by atoms with Crippen LogP contribution in [0.5, 0.6) is 0 Å². The summed E-state index contributed by atoms with van der Waals surface area (Å²) in [6, 6.07) is 0. The molecular formula is C6H22O2Si. The molecule has 0 aliphatic rings. The van der Waals surface area contributed by atoms with Crippen LogP contribution in [0.15, 0.2) is 0 Å². The lowest BCUT2D eigenvalue weighted by Crippen LogP contribution is -1.79. The summed E-state index contributed by atoms with van der Waals surface area (Å²) in [5.41, 5.74) is 0. The van der Waals surface area contributed by atoms with Crippen molar-refractivity contribution in [2.45, 2.75) is 28.3 Å². The molecule has 3 heteroatoms. The molecule has 0 spiro atoms. The fourth-order valence-electron chi connectivity index (χ4n) is 0. The number of hydrogen-bond acceptors (Lipinski definition) is 2. The minimum Gasteiger partial charge on any atom is -0.427 e. The number of aliphatic hydroxyl groups is 1. The van der Waals surface area contributed by atoms with Crippen LogP contribution in [0.25, 0.3) is 0 Å². The van der Waals surface area contributed by atoms with Crippen molar-refractivity contribution in [3.05, 3.63) is 0 Å². The molecule has 0 saturated heterocycles. The summed E-state index contributed by atoms with van der Waals surface area (Å²) >= 11 is 0. The van der Waals surface area contributed by atoms with Gasteiger partial charge in [-0.3, -0.25) is 0 Å². The summed E-state index contributed by atoms with van der Waals surface area (Å²) < 4.78 is 4.68. The minimum absolute atomic E-state index is 0. The molecule has 0 atom stereocenters. The Hall–Kier alpha value is 0.137. The molecule has 0 saturated carbocycles. The molecule has 0 unspecified atom stereocenters. The van der Waals surface area contributed by atoms with Crippen molar-refractivity contribution in [2.24, 2.45) is 0 Å². The first-order valence-electron chi connectivity index (χ1n) is 2.43. The SMILES string of the molecule is C.C.CCO.CO[SiH2]C. The average Bonchev–Trinajstić information content (AvgIpc) is 1.69. The van der Waals surface area contributed by atoms with Gasteiger partial charge < -0.3 is 9.53 Å². The smallest absolute Gasteiger partial charge is 0.157 e. The largest absolute Gasteiger partial charge is 0.427 e. The van der Waals surface area contributed by atoms with Crippen LogP contribution in [-0.4, -0.2) is 28.6 Å². The first-order valence-corrected chi connectivity index (χ1v) is 4.42. The molecule has 0 heterocycles. The van der Waals surface area contributed by atoms with E-state index in [0.717, 1.165) is 0 Å². The van der Waals surface area contributed by atoms with Crippen LogP contribution < -0.4 is 0 Å². The molecular weight excluding hydrogens is 132 g/mol. The monoisotopic (exact) mass is 154 g/mol. The van der Waals surface area contributed by atoms with Gasteiger partial charge in [-0.2, -0.15) is 0 Å². The Balaban J connectivity index is -0.0000000233. The van der Waals surface area contributed by atoms with E-state index in [1.807, 2.05) is 0 Å². The molecule has 0 aromatic heterocycles. The fraction of sp³-hybridized carbons (Fsp3) is 1.00. The highest BCUT2D eigenvalue weighted by Crippen LogP contribution is 1.47. The van der Waals surface area contributed by atoms with Gasteiger partial charge in [0.1, 0.15) is 0 Å². The molecule has 0 amide bonds. The van der Waals surface area contributed by atoms with E-state index in [4.69, 9.17) is 5.11 Å². The first kappa shape index (κ1) is 22.9. The van der Waals surface area contributed by atoms with Crippen LogP contribution in [0.1, 0.15) is 21.8 Å². The summed E-state index contributed by atoms with van der Waals surface area (Å²) in [4.78, 5) is 0. The molecule has 1 N–H and O–H groups in total. The quantitative estimate of drug-likeness (QED) is 0.572. The van der Waals surface area contributed by atoms with Gasteiger partial charge in [0.05, 0.1) is 0 Å². The van der Waals surface area contributed by atoms with E-state index in [9.17, 15) is 0 Å². The van der Waals surface area contributed by atoms with Crippen molar-refractivity contribution >= 4 is 9.76 Å². The molecule has 0 rings (SSSR count). The summed E-state index contributed by atoms with van der Waals surface area (Å²) in [5.74, 6) is 0. The van der Waals surface area contributed by atoms with E-state index < -0.39 is 0 Å². The van der Waals surface area contributed by atoms with Crippen LogP contribution in [0.2, 0.25) is 6.55 Å². The molecule has 0 aliphatic carbocycles. The predicted octanol–water partition coefficient (Wildman–Crippen LogP) is 1.04. The standard InChI is InChI=1S/C2H8OSi.C2H6O.2CH4/c1-3-4-2;1-2-3;;/h4H2,1-2H3;3H,2H2,1H3;2*1H4. The number of aliphatic hydroxyl groups excluding tert-OH is 1. The van der Waals surface area contributed by atoms with Crippen LogP contribution in [0.4, 0.5) is 0 Å². The zero-order chi connectivity index (χ0) is 6.12. The third-order valence-corrected chi connectivity index (χ3v) is 0.866. The van der Waals surface area contributed by atoms with Crippen molar-refractivity contribution in [1.82, 2.24) is 0 Å². The first-order chi connectivity index (χ1) is 3.33. The predicted molar refractivity (Wildman–Crippen MR) is 47.6 cm³/mol. The van der Waals surface area contributed by atoms with E-state index in [1.165, 1.54) is 0 Å². The minimum atomic E-state index is -0.0756. The Bertz CT molecular complexity index is 18.5. The Kier molecular flexibility index (Phi) is 107. The van der Waals surface area contributed by atoms with Gasteiger partial charge in [0, 0.05) is 13.7 Å². The van der Waals surface area contributed by atoms with Crippen molar-refractivity contribution in [3.8, 4) is 0 Å². The molecule has 62 valence electrons. The van der Waals surface area contributed by atoms with E-state index in [2.05, 4.69) is 11.0 Å². The Morgan fingerprint density at radius 1 is 1.44 bits per heavy atom. The second-order valence-corrected chi connectivity index (χ2v) is 2.05. The normalized spacial score (nSPS) is 6.67. The fourth-order valence-corrected chi connectivity index (χ4v) is 0. The van der Waals surface area contributed by atoms with Crippen molar-refractivity contribution in [3.63, 3.8) is 0 Å². The van der Waals surface area contributed by atoms with Gasteiger partial charge in [0.25, 0.3) is 0 Å². The molecule has 9 heavy (non-hydrogen) atoms. The lowest BCUT2D eigenvalue weighted by atomic mass is 10.9. The highest BCUT2D eigenvalue weighted by molar-refractivity contribution is 6.24. The second kappa shape index (κ2) is 42.1. The van der Waals surface area contributed by atoms with Gasteiger partial charge in [-0.25, -0.2) is 0 Å². The van der Waals surface area contributed by atoms with Crippen LogP contribution >= 0.6 is 0 Å².